The second kappa shape index (κ2) is 24.0. The Morgan fingerprint density at radius 1 is 0.768 bits per heavy atom. The molecule has 1 aliphatic rings. The first-order valence-corrected chi connectivity index (χ1v) is 24.0. The number of para-hydroxylation sites is 1. The molecule has 0 aromatic heterocycles. The topological polar surface area (TPSA) is 161 Å². The number of thiol groups is 1. The van der Waals surface area contributed by atoms with E-state index < -0.39 is 71.9 Å². The molecule has 5 aromatic carbocycles. The molecule has 0 saturated heterocycles. The number of ether oxygens (including phenoxy) is 3. The molecule has 69 heavy (non-hydrogen) atoms. The van der Waals surface area contributed by atoms with E-state index in [9.17, 15) is 24.3 Å². The van der Waals surface area contributed by atoms with Crippen LogP contribution in [0.25, 0.3) is 11.1 Å². The number of nitrogens with zero attached hydrogens (tertiary/aromatic N) is 1. The van der Waals surface area contributed by atoms with Gasteiger partial charge in [-0.05, 0) is 83.9 Å². The van der Waals surface area contributed by atoms with Gasteiger partial charge < -0.3 is 34.9 Å². The van der Waals surface area contributed by atoms with E-state index in [0.29, 0.717) is 5.56 Å². The maximum Gasteiger partial charge on any atom is 0.407 e. The Morgan fingerprint density at radius 3 is 1.90 bits per heavy atom. The van der Waals surface area contributed by atoms with Crippen molar-refractivity contribution in [3.8, 4) is 11.1 Å². The third-order valence-electron chi connectivity index (χ3n) is 11.9. The SMILES string of the molecule is C=CCOC(=O)C[C@H](O)[C@@H](C(C)C)N(C(=O)CCS)c1cccc(C(c2ccccc2)c2ccccc2)c1NC(=O)[C@@H](CCC(=O)OC(C)(C)C)NC(=O)OCC1c2ccccc2-c2ccccc21. The number of aliphatic hydroxyl groups is 1. The number of fused-ring (bicyclic) bond motifs is 3. The van der Waals surface area contributed by atoms with Crippen LogP contribution in [0.3, 0.4) is 0 Å². The van der Waals surface area contributed by atoms with Gasteiger partial charge in [0.2, 0.25) is 11.8 Å². The Balaban J connectivity index is 1.44. The van der Waals surface area contributed by atoms with Crippen molar-refractivity contribution in [3.63, 3.8) is 0 Å². The first kappa shape index (κ1) is 51.7. The molecule has 0 saturated carbocycles. The van der Waals surface area contributed by atoms with Crippen LogP contribution in [0.1, 0.15) is 100.0 Å². The number of alkyl carbamates (subject to hydrolysis) is 1. The van der Waals surface area contributed by atoms with Gasteiger partial charge in [-0.3, -0.25) is 19.2 Å². The maximum atomic E-state index is 15.2. The van der Waals surface area contributed by atoms with Gasteiger partial charge in [-0.2, -0.15) is 12.6 Å². The number of hydrogen-bond donors (Lipinski definition) is 4. The van der Waals surface area contributed by atoms with Gasteiger partial charge in [0.25, 0.3) is 0 Å². The van der Waals surface area contributed by atoms with E-state index in [-0.39, 0.29) is 55.5 Å². The highest BCUT2D eigenvalue weighted by Gasteiger charge is 2.38. The molecule has 0 spiro atoms. The summed E-state index contributed by atoms with van der Waals surface area (Å²) >= 11 is 4.41. The summed E-state index contributed by atoms with van der Waals surface area (Å²) in [6.07, 6.45) is -1.76. The van der Waals surface area contributed by atoms with Gasteiger partial charge in [-0.15, -0.1) is 0 Å². The minimum absolute atomic E-state index is 0.0225. The fourth-order valence-corrected chi connectivity index (χ4v) is 9.18. The van der Waals surface area contributed by atoms with Crippen LogP contribution in [0.5, 0.6) is 0 Å². The van der Waals surface area contributed by atoms with Gasteiger partial charge in [0, 0.05) is 24.7 Å². The molecule has 13 heteroatoms. The molecule has 0 heterocycles. The van der Waals surface area contributed by atoms with E-state index in [4.69, 9.17) is 14.2 Å². The van der Waals surface area contributed by atoms with Crippen LogP contribution in [0, 0.1) is 5.92 Å². The Hall–Kier alpha value is -6.70. The van der Waals surface area contributed by atoms with Crippen molar-refractivity contribution in [1.29, 1.82) is 0 Å². The van der Waals surface area contributed by atoms with Crippen molar-refractivity contribution in [1.82, 2.24) is 5.32 Å². The fraction of sp³-hybridized carbons (Fsp3) is 0.339. The molecule has 0 aliphatic heterocycles. The molecule has 3 N–H and O–H groups in total. The van der Waals surface area contributed by atoms with Gasteiger partial charge in [-0.25, -0.2) is 4.79 Å². The molecule has 5 aromatic rings. The molecule has 1 aliphatic carbocycles. The van der Waals surface area contributed by atoms with Gasteiger partial charge >= 0.3 is 18.0 Å². The first-order chi connectivity index (χ1) is 33.1. The Kier molecular flexibility index (Phi) is 18.0. The lowest BCUT2D eigenvalue weighted by molar-refractivity contribution is -0.155. The van der Waals surface area contributed by atoms with Crippen LogP contribution < -0.4 is 15.5 Å². The van der Waals surface area contributed by atoms with Crippen LogP contribution >= 0.6 is 12.6 Å². The average Bonchev–Trinajstić information content (AvgIpc) is 3.64. The zero-order valence-electron chi connectivity index (χ0n) is 39.9. The Labute approximate surface area is 410 Å². The van der Waals surface area contributed by atoms with Crippen LogP contribution in [0.15, 0.2) is 140 Å². The predicted octanol–water partition coefficient (Wildman–Crippen LogP) is 9.99. The number of rotatable bonds is 21. The standard InChI is InChI=1S/C56H63N3O9S/c1-7-32-66-50(63)34-47(60)53(36(2)3)59(48(61)31-33-69)46-28-18-27-43(51(37-19-10-8-11-20-37)38-21-12-9-13-22-38)52(46)58-54(64)45(29-30-49(62)68-56(4,5)6)57-55(65)67-35-44-41-25-16-14-23-39(41)40-24-15-17-26-42(40)44/h7-28,36,44-45,47,51,53,60,69H,1,29-35H2,2-6H3,(H,57,65)(H,58,64)/t45-,47+,53-/m1/s1. The number of anilines is 2. The summed E-state index contributed by atoms with van der Waals surface area (Å²) in [4.78, 5) is 71.4. The lowest BCUT2D eigenvalue weighted by Crippen LogP contribution is -2.51. The monoisotopic (exact) mass is 953 g/mol. The summed E-state index contributed by atoms with van der Waals surface area (Å²) in [5.74, 6) is -3.44. The largest absolute Gasteiger partial charge is 0.461 e. The highest BCUT2D eigenvalue weighted by Crippen LogP contribution is 2.45. The lowest BCUT2D eigenvalue weighted by Gasteiger charge is -2.39. The normalized spacial score (nSPS) is 13.3. The Bertz CT molecular complexity index is 2490. The average molecular weight is 954 g/mol. The molecular weight excluding hydrogens is 891 g/mol. The van der Waals surface area contributed by atoms with E-state index in [1.54, 1.807) is 32.9 Å². The van der Waals surface area contributed by atoms with Crippen molar-refractivity contribution in [2.75, 3.05) is 29.2 Å². The molecule has 3 atom stereocenters. The quantitative estimate of drug-likeness (QED) is 0.0185. The molecule has 12 nitrogen and oxygen atoms in total. The van der Waals surface area contributed by atoms with E-state index in [2.05, 4.69) is 29.8 Å². The van der Waals surface area contributed by atoms with Gasteiger partial charge in [-0.1, -0.05) is 148 Å². The minimum Gasteiger partial charge on any atom is -0.461 e. The molecule has 0 bridgehead atoms. The smallest absolute Gasteiger partial charge is 0.407 e. The van der Waals surface area contributed by atoms with E-state index >= 15 is 4.79 Å². The van der Waals surface area contributed by atoms with Gasteiger partial charge in [0.15, 0.2) is 0 Å². The highest BCUT2D eigenvalue weighted by atomic mass is 32.1. The lowest BCUT2D eigenvalue weighted by atomic mass is 9.83. The number of carbonyl (C=O) groups is 5. The number of hydrogen-bond acceptors (Lipinski definition) is 10. The van der Waals surface area contributed by atoms with E-state index in [1.807, 2.05) is 129 Å². The number of carbonyl (C=O) groups excluding carboxylic acids is 5. The molecule has 3 amide bonds. The fourth-order valence-electron chi connectivity index (χ4n) is 8.99. The minimum atomic E-state index is -1.41. The molecule has 362 valence electrons. The molecule has 0 unspecified atom stereocenters. The van der Waals surface area contributed by atoms with Crippen LogP contribution in [0.2, 0.25) is 0 Å². The molecule has 0 fully saturated rings. The Morgan fingerprint density at radius 2 is 1.35 bits per heavy atom. The zero-order chi connectivity index (χ0) is 49.7. The summed E-state index contributed by atoms with van der Waals surface area (Å²) in [5, 5.41) is 17.8. The van der Waals surface area contributed by atoms with E-state index in [0.717, 1.165) is 33.4 Å². The summed E-state index contributed by atoms with van der Waals surface area (Å²) in [6, 6.07) is 38.2. The summed E-state index contributed by atoms with van der Waals surface area (Å²) in [7, 11) is 0. The van der Waals surface area contributed by atoms with Crippen molar-refractivity contribution >= 4 is 53.8 Å². The second-order valence-corrected chi connectivity index (χ2v) is 18.8. The number of nitrogens with one attached hydrogen (secondary N) is 2. The summed E-state index contributed by atoms with van der Waals surface area (Å²) < 4.78 is 16.8. The third-order valence-corrected chi connectivity index (χ3v) is 12.1. The molecule has 6 rings (SSSR count). The van der Waals surface area contributed by atoms with E-state index in [1.165, 1.54) is 11.0 Å². The summed E-state index contributed by atoms with van der Waals surface area (Å²) in [6.45, 7) is 12.4. The van der Waals surface area contributed by atoms with Crippen LogP contribution in [-0.2, 0) is 33.4 Å². The van der Waals surface area contributed by atoms with Crippen LogP contribution in [0.4, 0.5) is 16.2 Å². The second-order valence-electron chi connectivity index (χ2n) is 18.3. The van der Waals surface area contributed by atoms with Crippen molar-refractivity contribution in [2.24, 2.45) is 5.92 Å². The molecular formula is C56H63N3O9S. The highest BCUT2D eigenvalue weighted by molar-refractivity contribution is 7.80. The number of amides is 3. The third kappa shape index (κ3) is 13.3. The number of aliphatic hydroxyl groups excluding tert-OH is 1. The summed E-state index contributed by atoms with van der Waals surface area (Å²) in [5.41, 5.74) is 6.07. The maximum absolute atomic E-state index is 15.2. The first-order valence-electron chi connectivity index (χ1n) is 23.4. The van der Waals surface area contributed by atoms with Gasteiger partial charge in [0.05, 0.1) is 29.9 Å². The predicted molar refractivity (Wildman–Crippen MR) is 272 cm³/mol. The number of benzene rings is 5. The van der Waals surface area contributed by atoms with Crippen molar-refractivity contribution in [2.45, 2.75) is 95.9 Å². The van der Waals surface area contributed by atoms with Crippen molar-refractivity contribution in [3.05, 3.63) is 168 Å². The number of esters is 2. The molecule has 0 radical (unpaired) electrons. The zero-order valence-corrected chi connectivity index (χ0v) is 40.8. The van der Waals surface area contributed by atoms with Crippen LogP contribution in [-0.4, -0.2) is 77.7 Å². The van der Waals surface area contributed by atoms with Crippen molar-refractivity contribution < 1.29 is 43.3 Å². The van der Waals surface area contributed by atoms with Gasteiger partial charge in [0.1, 0.15) is 24.9 Å².